The fraction of sp³-hybridized carbons (Fsp3) is 0.292. The fourth-order valence-electron chi connectivity index (χ4n) is 4.88. The summed E-state index contributed by atoms with van der Waals surface area (Å²) in [7, 11) is 0. The first kappa shape index (κ1) is 19.5. The van der Waals surface area contributed by atoms with Crippen LogP contribution >= 0.6 is 0 Å². The maximum absolute atomic E-state index is 13.3. The zero-order valence-corrected chi connectivity index (χ0v) is 17.3. The topological polar surface area (TPSA) is 78.7 Å². The van der Waals surface area contributed by atoms with Crippen LogP contribution in [0.1, 0.15) is 53.5 Å². The van der Waals surface area contributed by atoms with Gasteiger partial charge in [0.15, 0.2) is 11.4 Å². The summed E-state index contributed by atoms with van der Waals surface area (Å²) in [6.45, 7) is 2.64. The molecule has 2 aliphatic rings. The Labute approximate surface area is 180 Å². The third kappa shape index (κ3) is 3.13. The smallest absolute Gasteiger partial charge is 0.290 e. The van der Waals surface area contributed by atoms with E-state index in [2.05, 4.69) is 41.3 Å². The van der Waals surface area contributed by atoms with Crippen LogP contribution in [-0.4, -0.2) is 43.4 Å². The van der Waals surface area contributed by atoms with Crippen LogP contribution in [0.3, 0.4) is 0 Å². The molecular weight excluding hydrogens is 392 g/mol. The highest BCUT2D eigenvalue weighted by atomic mass is 16.3. The zero-order valence-electron chi connectivity index (χ0n) is 17.3. The second kappa shape index (κ2) is 7.67. The molecule has 1 N–H and O–H groups in total. The molecule has 0 radical (unpaired) electrons. The third-order valence-electron chi connectivity index (χ3n) is 6.28. The van der Waals surface area contributed by atoms with Gasteiger partial charge in [-0.1, -0.05) is 60.7 Å². The molecule has 31 heavy (non-hydrogen) atoms. The van der Waals surface area contributed by atoms with Gasteiger partial charge in [-0.3, -0.25) is 14.6 Å². The van der Waals surface area contributed by atoms with Crippen molar-refractivity contribution in [3.05, 3.63) is 93.9 Å². The van der Waals surface area contributed by atoms with Crippen LogP contribution in [0, 0.1) is 0 Å². The Morgan fingerprint density at radius 3 is 2.23 bits per heavy atom. The van der Waals surface area contributed by atoms with Crippen LogP contribution in [0.5, 0.6) is 5.75 Å². The predicted molar refractivity (Wildman–Crippen MR) is 115 cm³/mol. The van der Waals surface area contributed by atoms with E-state index >= 15 is 0 Å². The zero-order chi connectivity index (χ0) is 21.5. The number of fused-ring (bicyclic) bond motifs is 2. The van der Waals surface area contributed by atoms with Gasteiger partial charge >= 0.3 is 0 Å². The lowest BCUT2D eigenvalue weighted by Gasteiger charge is -2.52. The standard InChI is InChI=1S/C24H24N4O3/c1-16-9-8-14-26-24(31)21-22(30)19(29)15-25-27(21)23(28(16)26)20(17-10-4-2-5-11-17)18-12-6-3-7-13-18/h2-7,10-13,15-16,20,23,30H,8-9,14H2,1H3. The molecule has 2 unspecified atom stereocenters. The second-order valence-corrected chi connectivity index (χ2v) is 8.16. The minimum absolute atomic E-state index is 0.0419. The highest BCUT2D eigenvalue weighted by molar-refractivity contribution is 5.95. The predicted octanol–water partition coefficient (Wildman–Crippen LogP) is 3.13. The van der Waals surface area contributed by atoms with Crippen molar-refractivity contribution in [2.45, 2.75) is 37.9 Å². The van der Waals surface area contributed by atoms with Crippen molar-refractivity contribution >= 4 is 5.91 Å². The summed E-state index contributed by atoms with van der Waals surface area (Å²) in [5.41, 5.74) is 1.45. The van der Waals surface area contributed by atoms with Gasteiger partial charge in [0.25, 0.3) is 5.91 Å². The molecule has 1 amide bonds. The van der Waals surface area contributed by atoms with Crippen LogP contribution in [0.2, 0.25) is 0 Å². The molecule has 1 saturated heterocycles. The normalized spacial score (nSPS) is 21.1. The summed E-state index contributed by atoms with van der Waals surface area (Å²) in [6.07, 6.45) is 2.48. The number of rotatable bonds is 3. The number of hydrogen-bond donors (Lipinski definition) is 1. The highest BCUT2D eigenvalue weighted by Crippen LogP contribution is 2.44. The third-order valence-corrected chi connectivity index (χ3v) is 6.28. The molecule has 5 rings (SSSR count). The Balaban J connectivity index is 1.80. The molecule has 158 valence electrons. The molecular formula is C24H24N4O3. The largest absolute Gasteiger partial charge is 0.502 e. The van der Waals surface area contributed by atoms with Gasteiger partial charge in [-0.2, -0.15) is 10.1 Å². The van der Waals surface area contributed by atoms with Gasteiger partial charge in [0, 0.05) is 18.5 Å². The van der Waals surface area contributed by atoms with Crippen molar-refractivity contribution in [2.75, 3.05) is 6.54 Å². The van der Waals surface area contributed by atoms with E-state index in [4.69, 9.17) is 0 Å². The maximum atomic E-state index is 13.3. The number of hydrazine groups is 1. The van der Waals surface area contributed by atoms with Gasteiger partial charge in [0.05, 0.1) is 6.20 Å². The molecule has 2 aromatic carbocycles. The van der Waals surface area contributed by atoms with Gasteiger partial charge in [0.2, 0.25) is 5.43 Å². The lowest BCUT2D eigenvalue weighted by molar-refractivity contribution is -0.131. The monoisotopic (exact) mass is 416 g/mol. The van der Waals surface area contributed by atoms with Crippen LogP contribution in [0.15, 0.2) is 71.7 Å². The summed E-state index contributed by atoms with van der Waals surface area (Å²) in [5, 5.41) is 18.7. The molecule has 7 heteroatoms. The van der Waals surface area contributed by atoms with Gasteiger partial charge in [-0.25, -0.2) is 4.68 Å². The lowest BCUT2D eigenvalue weighted by Crippen LogP contribution is -2.62. The number of nitrogens with zero attached hydrogens (tertiary/aromatic N) is 4. The van der Waals surface area contributed by atoms with E-state index in [0.29, 0.717) is 6.54 Å². The SMILES string of the molecule is CC1CCCN2C(=O)c3c(O)c(=O)cnn3C(C(c3ccccc3)c3ccccc3)N12. The summed E-state index contributed by atoms with van der Waals surface area (Å²) in [6, 6.07) is 20.3. The molecule has 0 bridgehead atoms. The molecule has 7 nitrogen and oxygen atoms in total. The van der Waals surface area contributed by atoms with Crippen molar-refractivity contribution in [3.63, 3.8) is 0 Å². The summed E-state index contributed by atoms with van der Waals surface area (Å²) >= 11 is 0. The van der Waals surface area contributed by atoms with E-state index < -0.39 is 17.3 Å². The number of carbonyl (C=O) groups is 1. The van der Waals surface area contributed by atoms with Gasteiger partial charge in [-0.05, 0) is 30.9 Å². The molecule has 1 fully saturated rings. The number of aromatic hydroxyl groups is 1. The van der Waals surface area contributed by atoms with E-state index in [1.165, 1.54) is 0 Å². The van der Waals surface area contributed by atoms with E-state index in [-0.39, 0.29) is 23.6 Å². The molecule has 2 atom stereocenters. The van der Waals surface area contributed by atoms with Crippen molar-refractivity contribution in [1.29, 1.82) is 0 Å². The lowest BCUT2D eigenvalue weighted by atomic mass is 9.86. The molecule has 0 aliphatic carbocycles. The Morgan fingerprint density at radius 2 is 1.61 bits per heavy atom. The Morgan fingerprint density at radius 1 is 1.00 bits per heavy atom. The minimum atomic E-state index is -0.646. The molecule has 0 saturated carbocycles. The molecule has 0 spiro atoms. The average Bonchev–Trinajstić information content (AvgIpc) is 2.80. The first-order valence-electron chi connectivity index (χ1n) is 10.6. The molecule has 1 aromatic heterocycles. The summed E-state index contributed by atoms with van der Waals surface area (Å²) < 4.78 is 1.54. The molecule has 3 heterocycles. The first-order valence-corrected chi connectivity index (χ1v) is 10.6. The number of benzene rings is 2. The Bertz CT molecular complexity index is 1120. The van der Waals surface area contributed by atoms with Crippen molar-refractivity contribution in [3.8, 4) is 5.75 Å². The van der Waals surface area contributed by atoms with Crippen LogP contribution in [-0.2, 0) is 0 Å². The fourth-order valence-corrected chi connectivity index (χ4v) is 4.88. The van der Waals surface area contributed by atoms with Crippen LogP contribution in [0.4, 0.5) is 0 Å². The van der Waals surface area contributed by atoms with Crippen molar-refractivity contribution in [2.24, 2.45) is 0 Å². The minimum Gasteiger partial charge on any atom is -0.502 e. The van der Waals surface area contributed by atoms with Crippen molar-refractivity contribution < 1.29 is 9.90 Å². The van der Waals surface area contributed by atoms with Gasteiger partial charge in [0.1, 0.15) is 6.17 Å². The number of aromatic nitrogens is 2. The van der Waals surface area contributed by atoms with E-state index in [1.54, 1.807) is 9.69 Å². The van der Waals surface area contributed by atoms with E-state index in [1.807, 2.05) is 36.4 Å². The van der Waals surface area contributed by atoms with Crippen LogP contribution < -0.4 is 5.43 Å². The number of carbonyl (C=O) groups excluding carboxylic acids is 1. The quantitative estimate of drug-likeness (QED) is 0.710. The Hall–Kier alpha value is -3.45. The maximum Gasteiger partial charge on any atom is 0.290 e. The number of hydrogen-bond acceptors (Lipinski definition) is 5. The average molecular weight is 416 g/mol. The second-order valence-electron chi connectivity index (χ2n) is 8.16. The van der Waals surface area contributed by atoms with Gasteiger partial charge < -0.3 is 5.11 Å². The molecule has 2 aliphatic heterocycles. The van der Waals surface area contributed by atoms with Crippen molar-refractivity contribution in [1.82, 2.24) is 19.8 Å². The first-order chi connectivity index (χ1) is 15.1. The number of amides is 1. The van der Waals surface area contributed by atoms with E-state index in [0.717, 1.165) is 30.2 Å². The summed E-state index contributed by atoms with van der Waals surface area (Å²) in [5.74, 6) is -1.10. The summed E-state index contributed by atoms with van der Waals surface area (Å²) in [4.78, 5) is 25.5. The van der Waals surface area contributed by atoms with Gasteiger partial charge in [-0.15, -0.1) is 0 Å². The van der Waals surface area contributed by atoms with Crippen LogP contribution in [0.25, 0.3) is 0 Å². The highest BCUT2D eigenvalue weighted by Gasteiger charge is 2.47. The Kier molecular flexibility index (Phi) is 4.82. The molecule has 3 aromatic rings. The van der Waals surface area contributed by atoms with E-state index in [9.17, 15) is 14.7 Å².